The van der Waals surface area contributed by atoms with Gasteiger partial charge in [-0.15, -0.1) is 0 Å². The number of nitrogens with one attached hydrogen (secondary N) is 1. The van der Waals surface area contributed by atoms with Crippen LogP contribution in [0.15, 0.2) is 12.4 Å². The van der Waals surface area contributed by atoms with Crippen LogP contribution in [0.3, 0.4) is 0 Å². The second-order valence-corrected chi connectivity index (χ2v) is 5.71. The average Bonchev–Trinajstić information content (AvgIpc) is 2.87. The maximum absolute atomic E-state index is 4.44. The van der Waals surface area contributed by atoms with E-state index < -0.39 is 0 Å². The molecule has 1 fully saturated rings. The normalized spacial score (nSPS) is 29.2. The van der Waals surface area contributed by atoms with E-state index in [0.29, 0.717) is 0 Å². The summed E-state index contributed by atoms with van der Waals surface area (Å²) in [6, 6.07) is 0.723. The molecule has 0 amide bonds. The van der Waals surface area contributed by atoms with Crippen molar-refractivity contribution in [2.24, 2.45) is 5.92 Å². The van der Waals surface area contributed by atoms with Crippen LogP contribution in [-0.2, 0) is 13.1 Å². The van der Waals surface area contributed by atoms with Crippen LogP contribution in [0.1, 0.15) is 31.5 Å². The summed E-state index contributed by atoms with van der Waals surface area (Å²) < 4.78 is 2.28. The van der Waals surface area contributed by atoms with Crippen molar-refractivity contribution in [3.05, 3.63) is 18.2 Å². The molecule has 2 heterocycles. The molecule has 0 aromatic carbocycles. The topological polar surface area (TPSA) is 33.1 Å². The summed E-state index contributed by atoms with van der Waals surface area (Å²) >= 11 is 0. The van der Waals surface area contributed by atoms with Gasteiger partial charge in [0, 0.05) is 38.1 Å². The molecule has 1 saturated carbocycles. The predicted molar refractivity (Wildman–Crippen MR) is 72.3 cm³/mol. The number of fused-ring (bicyclic) bond motifs is 1. The molecule has 100 valence electrons. The summed E-state index contributed by atoms with van der Waals surface area (Å²) in [5.74, 6) is 2.06. The van der Waals surface area contributed by atoms with Gasteiger partial charge in [0.15, 0.2) is 0 Å². The molecule has 1 aromatic rings. The largest absolute Gasteiger partial charge is 0.333 e. The Kier molecular flexibility index (Phi) is 3.66. The van der Waals surface area contributed by atoms with E-state index in [1.54, 1.807) is 0 Å². The lowest BCUT2D eigenvalue weighted by molar-refractivity contribution is 0.144. The zero-order valence-corrected chi connectivity index (χ0v) is 11.3. The lowest BCUT2D eigenvalue weighted by atomic mass is 9.84. The van der Waals surface area contributed by atoms with Gasteiger partial charge >= 0.3 is 0 Å². The van der Waals surface area contributed by atoms with E-state index in [1.165, 1.54) is 44.6 Å². The fourth-order valence-corrected chi connectivity index (χ4v) is 3.52. The molecule has 2 aliphatic rings. The number of nitrogens with zero attached hydrogens (tertiary/aromatic N) is 3. The van der Waals surface area contributed by atoms with Crippen molar-refractivity contribution >= 4 is 0 Å². The van der Waals surface area contributed by atoms with Gasteiger partial charge in [-0.25, -0.2) is 4.98 Å². The minimum Gasteiger partial charge on any atom is -0.333 e. The molecule has 1 aromatic heterocycles. The van der Waals surface area contributed by atoms with Crippen molar-refractivity contribution in [1.29, 1.82) is 0 Å². The Morgan fingerprint density at radius 2 is 2.22 bits per heavy atom. The van der Waals surface area contributed by atoms with Gasteiger partial charge in [-0.2, -0.15) is 0 Å². The molecule has 1 N–H and O–H groups in total. The van der Waals surface area contributed by atoms with E-state index in [1.807, 2.05) is 6.20 Å². The number of aromatic nitrogens is 2. The van der Waals surface area contributed by atoms with E-state index in [-0.39, 0.29) is 0 Å². The summed E-state index contributed by atoms with van der Waals surface area (Å²) in [5.41, 5.74) is 0. The van der Waals surface area contributed by atoms with Gasteiger partial charge in [0.2, 0.25) is 0 Å². The van der Waals surface area contributed by atoms with Crippen LogP contribution in [0.4, 0.5) is 0 Å². The quantitative estimate of drug-likeness (QED) is 0.879. The van der Waals surface area contributed by atoms with Crippen molar-refractivity contribution in [3.8, 4) is 0 Å². The van der Waals surface area contributed by atoms with E-state index in [4.69, 9.17) is 0 Å². The highest BCUT2D eigenvalue weighted by Crippen LogP contribution is 2.26. The molecule has 0 radical (unpaired) electrons. The zero-order valence-electron chi connectivity index (χ0n) is 11.3. The van der Waals surface area contributed by atoms with Crippen LogP contribution < -0.4 is 5.32 Å². The molecule has 4 nitrogen and oxygen atoms in total. The number of imidazole rings is 1. The monoisotopic (exact) mass is 248 g/mol. The first kappa shape index (κ1) is 12.2. The Labute approximate surface area is 109 Å². The van der Waals surface area contributed by atoms with Gasteiger partial charge in [-0.3, -0.25) is 4.90 Å². The lowest BCUT2D eigenvalue weighted by Gasteiger charge is -2.36. The highest BCUT2D eigenvalue weighted by Gasteiger charge is 2.27. The van der Waals surface area contributed by atoms with E-state index in [0.717, 1.165) is 25.0 Å². The van der Waals surface area contributed by atoms with Crippen LogP contribution in [0, 0.1) is 5.92 Å². The first-order valence-electron chi connectivity index (χ1n) is 7.26. The SMILES string of the molecule is CNC1CCCCC1CN1CCn2ccnc2C1. The summed E-state index contributed by atoms with van der Waals surface area (Å²) in [5, 5.41) is 3.51. The summed E-state index contributed by atoms with van der Waals surface area (Å²) in [7, 11) is 2.12. The maximum Gasteiger partial charge on any atom is 0.122 e. The van der Waals surface area contributed by atoms with Crippen molar-refractivity contribution in [3.63, 3.8) is 0 Å². The Hall–Kier alpha value is -0.870. The van der Waals surface area contributed by atoms with E-state index >= 15 is 0 Å². The molecule has 0 bridgehead atoms. The van der Waals surface area contributed by atoms with Gasteiger partial charge in [-0.05, 0) is 25.8 Å². The van der Waals surface area contributed by atoms with Gasteiger partial charge < -0.3 is 9.88 Å². The van der Waals surface area contributed by atoms with Gasteiger partial charge in [0.1, 0.15) is 5.82 Å². The Morgan fingerprint density at radius 1 is 1.33 bits per heavy atom. The fraction of sp³-hybridized carbons (Fsp3) is 0.786. The molecular weight excluding hydrogens is 224 g/mol. The second-order valence-electron chi connectivity index (χ2n) is 5.71. The highest BCUT2D eigenvalue weighted by molar-refractivity contribution is 4.96. The Balaban J connectivity index is 1.60. The molecule has 0 spiro atoms. The van der Waals surface area contributed by atoms with E-state index in [2.05, 4.69) is 33.0 Å². The molecule has 3 rings (SSSR count). The standard InChI is InChI=1S/C14H24N4/c1-15-13-5-3-2-4-12(13)10-17-8-9-18-7-6-16-14(18)11-17/h6-7,12-13,15H,2-5,8-11H2,1H3. The summed E-state index contributed by atoms with van der Waals surface area (Å²) in [6.07, 6.45) is 9.57. The lowest BCUT2D eigenvalue weighted by Crippen LogP contribution is -2.44. The number of rotatable bonds is 3. The van der Waals surface area contributed by atoms with Crippen LogP contribution in [0.2, 0.25) is 0 Å². The van der Waals surface area contributed by atoms with Gasteiger partial charge in [0.05, 0.1) is 6.54 Å². The summed E-state index contributed by atoms with van der Waals surface area (Å²) in [4.78, 5) is 7.03. The minimum atomic E-state index is 0.723. The van der Waals surface area contributed by atoms with Crippen molar-refractivity contribution in [1.82, 2.24) is 19.8 Å². The third-order valence-electron chi connectivity index (χ3n) is 4.60. The summed E-state index contributed by atoms with van der Waals surface area (Å²) in [6.45, 7) is 4.54. The van der Waals surface area contributed by atoms with Crippen molar-refractivity contribution in [2.75, 3.05) is 20.1 Å². The first-order chi connectivity index (χ1) is 8.86. The number of hydrogen-bond donors (Lipinski definition) is 1. The molecule has 2 atom stereocenters. The minimum absolute atomic E-state index is 0.723. The van der Waals surface area contributed by atoms with E-state index in [9.17, 15) is 0 Å². The first-order valence-corrected chi connectivity index (χ1v) is 7.26. The molecular formula is C14H24N4. The fourth-order valence-electron chi connectivity index (χ4n) is 3.52. The molecule has 1 aliphatic carbocycles. The molecule has 2 unspecified atom stereocenters. The van der Waals surface area contributed by atoms with Crippen LogP contribution >= 0.6 is 0 Å². The van der Waals surface area contributed by atoms with Crippen LogP contribution in [0.25, 0.3) is 0 Å². The Bertz CT molecular complexity index is 387. The third-order valence-corrected chi connectivity index (χ3v) is 4.60. The van der Waals surface area contributed by atoms with Gasteiger partial charge in [-0.1, -0.05) is 12.8 Å². The molecule has 1 aliphatic heterocycles. The van der Waals surface area contributed by atoms with Crippen molar-refractivity contribution in [2.45, 2.75) is 44.8 Å². The van der Waals surface area contributed by atoms with Crippen LogP contribution in [-0.4, -0.2) is 40.6 Å². The van der Waals surface area contributed by atoms with Gasteiger partial charge in [0.25, 0.3) is 0 Å². The average molecular weight is 248 g/mol. The number of hydrogen-bond acceptors (Lipinski definition) is 3. The third kappa shape index (κ3) is 2.45. The smallest absolute Gasteiger partial charge is 0.122 e. The second kappa shape index (κ2) is 5.41. The molecule has 0 saturated heterocycles. The highest BCUT2D eigenvalue weighted by atomic mass is 15.2. The van der Waals surface area contributed by atoms with Crippen LogP contribution in [0.5, 0.6) is 0 Å². The predicted octanol–water partition coefficient (Wildman–Crippen LogP) is 1.48. The zero-order chi connectivity index (χ0) is 12.4. The Morgan fingerprint density at radius 3 is 3.11 bits per heavy atom. The maximum atomic E-state index is 4.44. The van der Waals surface area contributed by atoms with Crippen molar-refractivity contribution < 1.29 is 0 Å². The molecule has 4 heteroatoms. The molecule has 18 heavy (non-hydrogen) atoms.